The number of hydrogen-bond donors (Lipinski definition) is 1. The lowest BCUT2D eigenvalue weighted by Crippen LogP contribution is -2.16. The van der Waals surface area contributed by atoms with Crippen molar-refractivity contribution in [2.75, 3.05) is 0 Å². The topological polar surface area (TPSA) is 26.0 Å². The second kappa shape index (κ2) is 5.68. The summed E-state index contributed by atoms with van der Waals surface area (Å²) in [6.07, 6.45) is 0.362. The fraction of sp³-hybridized carbons (Fsp3) is 0.200. The van der Waals surface area contributed by atoms with Crippen LogP contribution in [-0.4, -0.2) is 0 Å². The lowest BCUT2D eigenvalue weighted by atomic mass is 9.96. The molecule has 4 heteroatoms. The summed E-state index contributed by atoms with van der Waals surface area (Å²) in [7, 11) is 0. The molecule has 1 atom stereocenters. The molecule has 0 heterocycles. The summed E-state index contributed by atoms with van der Waals surface area (Å²) in [5, 5.41) is 0.0453. The van der Waals surface area contributed by atoms with Crippen LogP contribution in [0.4, 0.5) is 8.78 Å². The van der Waals surface area contributed by atoms with Gasteiger partial charge in [-0.25, -0.2) is 8.78 Å². The molecule has 0 saturated carbocycles. The van der Waals surface area contributed by atoms with Crippen LogP contribution in [0.25, 0.3) is 0 Å². The molecule has 0 bridgehead atoms. The Hall–Kier alpha value is -1.45. The number of nitrogens with two attached hydrogens (primary N) is 1. The van der Waals surface area contributed by atoms with Crippen molar-refractivity contribution in [2.24, 2.45) is 5.73 Å². The number of halogens is 3. The molecular formula is C15H14ClF2N. The highest BCUT2D eigenvalue weighted by atomic mass is 35.5. The van der Waals surface area contributed by atoms with Gasteiger partial charge >= 0.3 is 0 Å². The van der Waals surface area contributed by atoms with Crippen LogP contribution >= 0.6 is 11.6 Å². The van der Waals surface area contributed by atoms with Crippen LogP contribution in [0, 0.1) is 18.6 Å². The van der Waals surface area contributed by atoms with E-state index in [1.807, 2.05) is 6.92 Å². The second-order valence-corrected chi connectivity index (χ2v) is 4.93. The van der Waals surface area contributed by atoms with Crippen molar-refractivity contribution in [2.45, 2.75) is 19.4 Å². The molecule has 0 fully saturated rings. The van der Waals surface area contributed by atoms with Gasteiger partial charge in [-0.1, -0.05) is 29.8 Å². The monoisotopic (exact) mass is 281 g/mol. The molecule has 2 aromatic rings. The minimum Gasteiger partial charge on any atom is -0.324 e. The molecule has 0 spiro atoms. The van der Waals surface area contributed by atoms with E-state index in [1.165, 1.54) is 18.2 Å². The number of rotatable bonds is 3. The summed E-state index contributed by atoms with van der Waals surface area (Å²) >= 11 is 5.73. The van der Waals surface area contributed by atoms with E-state index in [-0.39, 0.29) is 10.8 Å². The molecule has 0 aliphatic heterocycles. The summed E-state index contributed by atoms with van der Waals surface area (Å²) in [5.41, 5.74) is 8.04. The van der Waals surface area contributed by atoms with Gasteiger partial charge in [-0.3, -0.25) is 0 Å². The Morgan fingerprint density at radius 3 is 2.68 bits per heavy atom. The zero-order valence-corrected chi connectivity index (χ0v) is 11.2. The van der Waals surface area contributed by atoms with Crippen molar-refractivity contribution in [3.63, 3.8) is 0 Å². The van der Waals surface area contributed by atoms with Gasteiger partial charge in [0.05, 0.1) is 5.02 Å². The predicted molar refractivity (Wildman–Crippen MR) is 73.2 cm³/mol. The van der Waals surface area contributed by atoms with Gasteiger partial charge in [0.2, 0.25) is 0 Å². The molecule has 2 aromatic carbocycles. The van der Waals surface area contributed by atoms with Gasteiger partial charge in [0, 0.05) is 11.6 Å². The van der Waals surface area contributed by atoms with E-state index < -0.39 is 11.9 Å². The summed E-state index contributed by atoms with van der Waals surface area (Å²) in [5.74, 6) is -0.829. The average molecular weight is 282 g/mol. The molecule has 2 N–H and O–H groups in total. The fourth-order valence-electron chi connectivity index (χ4n) is 2.01. The lowest BCUT2D eigenvalue weighted by Gasteiger charge is -2.15. The Bertz CT molecular complexity index is 599. The molecule has 1 nitrogen and oxygen atoms in total. The number of benzene rings is 2. The third-order valence-electron chi connectivity index (χ3n) is 3.13. The highest BCUT2D eigenvalue weighted by Gasteiger charge is 2.15. The van der Waals surface area contributed by atoms with E-state index in [1.54, 1.807) is 18.2 Å². The third-order valence-corrected chi connectivity index (χ3v) is 3.42. The summed E-state index contributed by atoms with van der Waals surface area (Å²) in [4.78, 5) is 0. The molecule has 100 valence electrons. The Kier molecular flexibility index (Phi) is 4.17. The van der Waals surface area contributed by atoms with Gasteiger partial charge in [-0.05, 0) is 42.7 Å². The molecule has 2 rings (SSSR count). The normalized spacial score (nSPS) is 12.5. The molecule has 0 aromatic heterocycles. The third kappa shape index (κ3) is 3.11. The maximum Gasteiger partial charge on any atom is 0.146 e. The molecule has 0 amide bonds. The Labute approximate surface area is 116 Å². The van der Waals surface area contributed by atoms with E-state index >= 15 is 0 Å². The molecule has 0 aliphatic rings. The van der Waals surface area contributed by atoms with Crippen LogP contribution < -0.4 is 5.73 Å². The zero-order valence-electron chi connectivity index (χ0n) is 10.5. The summed E-state index contributed by atoms with van der Waals surface area (Å²) in [6, 6.07) is 8.67. The average Bonchev–Trinajstić information content (AvgIpc) is 2.37. The van der Waals surface area contributed by atoms with E-state index in [0.717, 1.165) is 11.1 Å². The minimum absolute atomic E-state index is 0.0453. The first-order valence-corrected chi connectivity index (χ1v) is 6.31. The highest BCUT2D eigenvalue weighted by Crippen LogP contribution is 2.25. The highest BCUT2D eigenvalue weighted by molar-refractivity contribution is 6.30. The van der Waals surface area contributed by atoms with Crippen molar-refractivity contribution in [1.29, 1.82) is 0 Å². The quantitative estimate of drug-likeness (QED) is 0.898. The molecule has 0 radical (unpaired) electrons. The molecule has 19 heavy (non-hydrogen) atoms. The molecule has 0 aliphatic carbocycles. The Morgan fingerprint density at radius 1 is 1.21 bits per heavy atom. The molecular weight excluding hydrogens is 268 g/mol. The van der Waals surface area contributed by atoms with Crippen LogP contribution in [0.3, 0.4) is 0 Å². The number of aryl methyl sites for hydroxylation is 1. The van der Waals surface area contributed by atoms with Crippen molar-refractivity contribution in [1.82, 2.24) is 0 Å². The van der Waals surface area contributed by atoms with Crippen LogP contribution in [0.2, 0.25) is 5.02 Å². The van der Waals surface area contributed by atoms with Gasteiger partial charge in [-0.15, -0.1) is 0 Å². The lowest BCUT2D eigenvalue weighted by molar-refractivity contribution is 0.578. The maximum atomic E-state index is 13.8. The first kappa shape index (κ1) is 14.0. The van der Waals surface area contributed by atoms with Crippen LogP contribution in [0.15, 0.2) is 36.4 Å². The molecule has 1 unspecified atom stereocenters. The largest absolute Gasteiger partial charge is 0.324 e. The van der Waals surface area contributed by atoms with E-state index in [0.29, 0.717) is 12.0 Å². The first-order chi connectivity index (χ1) is 8.99. The fourth-order valence-corrected chi connectivity index (χ4v) is 2.20. The first-order valence-electron chi connectivity index (χ1n) is 5.93. The Balaban J connectivity index is 2.28. The van der Waals surface area contributed by atoms with E-state index in [9.17, 15) is 8.78 Å². The van der Waals surface area contributed by atoms with Crippen LogP contribution in [-0.2, 0) is 6.42 Å². The van der Waals surface area contributed by atoms with E-state index in [4.69, 9.17) is 17.3 Å². The van der Waals surface area contributed by atoms with Crippen molar-refractivity contribution in [3.8, 4) is 0 Å². The predicted octanol–water partition coefficient (Wildman–Crippen LogP) is 4.17. The number of hydrogen-bond acceptors (Lipinski definition) is 1. The summed E-state index contributed by atoms with van der Waals surface area (Å²) in [6.45, 7) is 1.87. The van der Waals surface area contributed by atoms with Gasteiger partial charge in [-0.2, -0.15) is 0 Å². The van der Waals surface area contributed by atoms with Gasteiger partial charge < -0.3 is 5.73 Å². The smallest absolute Gasteiger partial charge is 0.146 e. The van der Waals surface area contributed by atoms with Crippen LogP contribution in [0.5, 0.6) is 0 Å². The second-order valence-electron chi connectivity index (χ2n) is 4.52. The van der Waals surface area contributed by atoms with Crippen molar-refractivity contribution >= 4 is 11.6 Å². The van der Waals surface area contributed by atoms with Crippen molar-refractivity contribution in [3.05, 3.63) is 69.7 Å². The minimum atomic E-state index is -0.556. The maximum absolute atomic E-state index is 13.8. The van der Waals surface area contributed by atoms with Gasteiger partial charge in [0.15, 0.2) is 0 Å². The zero-order chi connectivity index (χ0) is 14.0. The standard InChI is InChI=1S/C15H14ClF2N/c1-9-5-6-11(17)7-10(9)8-14(19)12-3-2-4-13(16)15(12)18/h2-7,14H,8,19H2,1H3. The summed E-state index contributed by atoms with van der Waals surface area (Å²) < 4.78 is 27.1. The van der Waals surface area contributed by atoms with Gasteiger partial charge in [0.25, 0.3) is 0 Å². The molecule has 0 saturated heterocycles. The SMILES string of the molecule is Cc1ccc(F)cc1CC(N)c1cccc(Cl)c1F. The van der Waals surface area contributed by atoms with E-state index in [2.05, 4.69) is 0 Å². The van der Waals surface area contributed by atoms with Gasteiger partial charge in [0.1, 0.15) is 11.6 Å². The Morgan fingerprint density at radius 2 is 1.95 bits per heavy atom. The van der Waals surface area contributed by atoms with Crippen molar-refractivity contribution < 1.29 is 8.78 Å². The van der Waals surface area contributed by atoms with Crippen LogP contribution in [0.1, 0.15) is 22.7 Å².